The van der Waals surface area contributed by atoms with E-state index in [0.717, 1.165) is 6.42 Å². The van der Waals surface area contributed by atoms with E-state index in [0.29, 0.717) is 5.54 Å². The predicted octanol–water partition coefficient (Wildman–Crippen LogP) is 4.17. The summed E-state index contributed by atoms with van der Waals surface area (Å²) in [6.07, 6.45) is 0.983. The molecule has 72 valence electrons. The Kier molecular flexibility index (Phi) is 3.83. The first-order chi connectivity index (χ1) is 6.00. The van der Waals surface area contributed by atoms with E-state index in [4.69, 9.17) is 22.2 Å². The van der Waals surface area contributed by atoms with Crippen molar-refractivity contribution < 1.29 is 0 Å². The minimum absolute atomic E-state index is 0.401. The van der Waals surface area contributed by atoms with Crippen LogP contribution < -0.4 is 0 Å². The van der Waals surface area contributed by atoms with Gasteiger partial charge in [-0.1, -0.05) is 37.3 Å². The fourth-order valence-corrected chi connectivity index (χ4v) is 2.20. The van der Waals surface area contributed by atoms with Crippen molar-refractivity contribution in [3.8, 4) is 0 Å². The van der Waals surface area contributed by atoms with Crippen molar-refractivity contribution >= 4 is 28.9 Å². The summed E-state index contributed by atoms with van der Waals surface area (Å²) in [4.78, 5) is 0. The number of halogens is 2. The van der Waals surface area contributed by atoms with Crippen LogP contribution in [0.1, 0.15) is 12.5 Å². The predicted molar refractivity (Wildman–Crippen MR) is 62.9 cm³/mol. The van der Waals surface area contributed by atoms with Crippen molar-refractivity contribution in [1.29, 1.82) is 0 Å². The standard InChI is InChI=1S/C10H14Cl2Si/c1-9(13(2,11)12)8-10-6-4-3-5-7-10/h3-7,9H,8H2,1-2H3. The molecular weight excluding hydrogens is 219 g/mol. The molecule has 0 N–H and O–H groups in total. The second kappa shape index (κ2) is 4.49. The third kappa shape index (κ3) is 3.71. The number of rotatable bonds is 3. The highest BCUT2D eigenvalue weighted by molar-refractivity contribution is 7.45. The van der Waals surface area contributed by atoms with Crippen molar-refractivity contribution in [3.05, 3.63) is 35.9 Å². The maximum absolute atomic E-state index is 6.14. The molecule has 1 aromatic rings. The summed E-state index contributed by atoms with van der Waals surface area (Å²) in [5.74, 6) is 0. The molecule has 1 rings (SSSR count). The first-order valence-corrected chi connectivity index (χ1v) is 9.02. The van der Waals surface area contributed by atoms with Crippen LogP contribution in [-0.2, 0) is 6.42 Å². The van der Waals surface area contributed by atoms with Gasteiger partial charge in [0.1, 0.15) is 0 Å². The highest BCUT2D eigenvalue weighted by Gasteiger charge is 2.29. The zero-order valence-electron chi connectivity index (χ0n) is 7.93. The molecule has 1 aromatic carbocycles. The van der Waals surface area contributed by atoms with Crippen molar-refractivity contribution in [2.24, 2.45) is 0 Å². The van der Waals surface area contributed by atoms with E-state index in [2.05, 4.69) is 19.1 Å². The van der Waals surface area contributed by atoms with E-state index in [9.17, 15) is 0 Å². The summed E-state index contributed by atoms with van der Waals surface area (Å²) in [6, 6.07) is 10.3. The molecule has 0 fully saturated rings. The summed E-state index contributed by atoms with van der Waals surface area (Å²) in [5, 5.41) is 0. The van der Waals surface area contributed by atoms with Crippen LogP contribution in [-0.4, -0.2) is 6.69 Å². The Bertz CT molecular complexity index is 253. The molecule has 0 spiro atoms. The van der Waals surface area contributed by atoms with Gasteiger partial charge < -0.3 is 0 Å². The molecule has 0 saturated carbocycles. The van der Waals surface area contributed by atoms with E-state index in [-0.39, 0.29) is 0 Å². The summed E-state index contributed by atoms with van der Waals surface area (Å²) in [6.45, 7) is 2.10. The minimum Gasteiger partial charge on any atom is -0.146 e. The maximum atomic E-state index is 6.14. The molecule has 3 heteroatoms. The van der Waals surface area contributed by atoms with Crippen LogP contribution in [0.2, 0.25) is 12.1 Å². The van der Waals surface area contributed by atoms with Crippen molar-refractivity contribution in [3.63, 3.8) is 0 Å². The smallest absolute Gasteiger partial charge is 0.146 e. The van der Waals surface area contributed by atoms with Gasteiger partial charge in [0.15, 0.2) is 0 Å². The summed E-state index contributed by atoms with van der Waals surface area (Å²) in [5.41, 5.74) is 1.72. The van der Waals surface area contributed by atoms with E-state index < -0.39 is 6.69 Å². The molecule has 0 amide bonds. The third-order valence-electron chi connectivity index (χ3n) is 2.25. The molecule has 0 bridgehead atoms. The minimum atomic E-state index is -2.00. The number of hydrogen-bond donors (Lipinski definition) is 0. The third-order valence-corrected chi connectivity index (χ3v) is 6.42. The van der Waals surface area contributed by atoms with Gasteiger partial charge in [0.25, 0.3) is 6.69 Å². The van der Waals surface area contributed by atoms with Crippen molar-refractivity contribution in [2.75, 3.05) is 0 Å². The van der Waals surface area contributed by atoms with Crippen LogP contribution in [0.3, 0.4) is 0 Å². The van der Waals surface area contributed by atoms with Gasteiger partial charge in [-0.05, 0) is 24.1 Å². The van der Waals surface area contributed by atoms with Gasteiger partial charge in [-0.15, -0.1) is 22.2 Å². The molecule has 0 nitrogen and oxygen atoms in total. The molecule has 0 radical (unpaired) electrons. The quantitative estimate of drug-likeness (QED) is 0.543. The fourth-order valence-electron chi connectivity index (χ4n) is 1.15. The van der Waals surface area contributed by atoms with E-state index in [1.54, 1.807) is 0 Å². The Hall–Kier alpha value is 0.0169. The van der Waals surface area contributed by atoms with Crippen LogP contribution in [0.15, 0.2) is 30.3 Å². The van der Waals surface area contributed by atoms with Crippen molar-refractivity contribution in [1.82, 2.24) is 0 Å². The van der Waals surface area contributed by atoms with Crippen LogP contribution in [0.5, 0.6) is 0 Å². The van der Waals surface area contributed by atoms with Crippen LogP contribution in [0.4, 0.5) is 0 Å². The number of hydrogen-bond acceptors (Lipinski definition) is 0. The lowest BCUT2D eigenvalue weighted by molar-refractivity contribution is 0.896. The Morgan fingerprint density at radius 2 is 1.77 bits per heavy atom. The van der Waals surface area contributed by atoms with E-state index >= 15 is 0 Å². The molecule has 1 unspecified atom stereocenters. The molecule has 0 aliphatic carbocycles. The lowest BCUT2D eigenvalue weighted by atomic mass is 10.1. The first kappa shape index (κ1) is 11.1. The average molecular weight is 233 g/mol. The van der Waals surface area contributed by atoms with Crippen LogP contribution in [0.25, 0.3) is 0 Å². The fraction of sp³-hybridized carbons (Fsp3) is 0.400. The Labute approximate surface area is 90.3 Å². The lowest BCUT2D eigenvalue weighted by Gasteiger charge is -2.19. The average Bonchev–Trinajstić information content (AvgIpc) is 2.04. The summed E-state index contributed by atoms with van der Waals surface area (Å²) < 4.78 is 0. The molecule has 1 atom stereocenters. The number of benzene rings is 1. The van der Waals surface area contributed by atoms with Gasteiger partial charge >= 0.3 is 0 Å². The molecule has 0 aromatic heterocycles. The molecular formula is C10H14Cl2Si. The van der Waals surface area contributed by atoms with Gasteiger partial charge in [-0.2, -0.15) is 0 Å². The van der Waals surface area contributed by atoms with E-state index in [1.165, 1.54) is 5.56 Å². The summed E-state index contributed by atoms with van der Waals surface area (Å²) in [7, 11) is 0. The monoisotopic (exact) mass is 232 g/mol. The molecule has 13 heavy (non-hydrogen) atoms. The topological polar surface area (TPSA) is 0 Å². The second-order valence-corrected chi connectivity index (χ2v) is 11.7. The SMILES string of the molecule is CC(Cc1ccccc1)[Si](C)(Cl)Cl. The molecule has 0 aliphatic heterocycles. The van der Waals surface area contributed by atoms with Crippen LogP contribution in [0, 0.1) is 0 Å². The van der Waals surface area contributed by atoms with Gasteiger partial charge in [-0.3, -0.25) is 0 Å². The lowest BCUT2D eigenvalue weighted by Crippen LogP contribution is -2.21. The molecule has 0 aliphatic rings. The van der Waals surface area contributed by atoms with Gasteiger partial charge in [0.2, 0.25) is 0 Å². The normalized spacial score (nSPS) is 14.2. The zero-order valence-corrected chi connectivity index (χ0v) is 10.4. The first-order valence-electron chi connectivity index (χ1n) is 4.42. The van der Waals surface area contributed by atoms with Crippen LogP contribution >= 0.6 is 22.2 Å². The Balaban J connectivity index is 2.61. The second-order valence-electron chi connectivity index (χ2n) is 3.55. The summed E-state index contributed by atoms with van der Waals surface area (Å²) >= 11 is 12.3. The Morgan fingerprint density at radius 1 is 1.23 bits per heavy atom. The van der Waals surface area contributed by atoms with Gasteiger partial charge in [0.05, 0.1) is 0 Å². The maximum Gasteiger partial charge on any atom is 0.251 e. The largest absolute Gasteiger partial charge is 0.251 e. The van der Waals surface area contributed by atoms with Gasteiger partial charge in [-0.25, -0.2) is 0 Å². The zero-order chi connectivity index (χ0) is 9.90. The highest BCUT2D eigenvalue weighted by atomic mass is 35.7. The van der Waals surface area contributed by atoms with Gasteiger partial charge in [0, 0.05) is 0 Å². The molecule has 0 heterocycles. The molecule has 0 saturated heterocycles. The Morgan fingerprint density at radius 3 is 2.23 bits per heavy atom. The highest BCUT2D eigenvalue weighted by Crippen LogP contribution is 2.31. The van der Waals surface area contributed by atoms with E-state index in [1.807, 2.05) is 24.7 Å². The van der Waals surface area contributed by atoms with Crippen molar-refractivity contribution in [2.45, 2.75) is 25.4 Å².